The predicted octanol–water partition coefficient (Wildman–Crippen LogP) is 3.13. The second kappa shape index (κ2) is 4.64. The Balaban J connectivity index is 2.43. The van der Waals surface area contributed by atoms with E-state index in [9.17, 15) is 17.7 Å². The molecule has 0 saturated carbocycles. The molecule has 0 bridgehead atoms. The lowest BCUT2D eigenvalue weighted by molar-refractivity contribution is 0.0532. The van der Waals surface area contributed by atoms with Crippen LogP contribution in [0.15, 0.2) is 24.3 Å². The van der Waals surface area contributed by atoms with Crippen LogP contribution in [0.3, 0.4) is 0 Å². The molecule has 0 spiro atoms. The first-order valence-corrected chi connectivity index (χ1v) is 6.14. The van der Waals surface area contributed by atoms with Gasteiger partial charge in [0.1, 0.15) is 4.88 Å². The van der Waals surface area contributed by atoms with Crippen molar-refractivity contribution < 1.29 is 22.5 Å². The lowest BCUT2D eigenvalue weighted by atomic mass is 9.80. The molecule has 96 valence electrons. The lowest BCUT2D eigenvalue weighted by Gasteiger charge is -2.14. The fourth-order valence-electron chi connectivity index (χ4n) is 1.55. The molecule has 0 unspecified atom stereocenters. The third kappa shape index (κ3) is 2.50. The van der Waals surface area contributed by atoms with Crippen molar-refractivity contribution in [1.29, 1.82) is 0 Å². The molecular formula is C11H9BF3O2S-. The largest absolute Gasteiger partial charge is 0.509 e. The number of hydrogen-bond acceptors (Lipinski definition) is 3. The number of carbonyl (C=O) groups excluding carboxylic acids is 1. The second-order valence-corrected chi connectivity index (χ2v) is 4.79. The highest BCUT2D eigenvalue weighted by molar-refractivity contribution is 7.20. The highest BCUT2D eigenvalue weighted by Crippen LogP contribution is 2.26. The number of ether oxygens (including phenoxy) is 1. The van der Waals surface area contributed by atoms with Crippen LogP contribution in [0.1, 0.15) is 16.6 Å². The molecule has 1 aromatic carbocycles. The van der Waals surface area contributed by atoms with Gasteiger partial charge in [0.25, 0.3) is 0 Å². The van der Waals surface area contributed by atoms with Crippen molar-refractivity contribution in [3.05, 3.63) is 29.1 Å². The Hall–Kier alpha value is -1.50. The van der Waals surface area contributed by atoms with Crippen molar-refractivity contribution in [2.45, 2.75) is 6.92 Å². The average Bonchev–Trinajstić information content (AvgIpc) is 2.70. The number of esters is 1. The Morgan fingerprint density at radius 2 is 2.06 bits per heavy atom. The van der Waals surface area contributed by atoms with Crippen LogP contribution in [0.2, 0.25) is 0 Å². The molecule has 0 amide bonds. The maximum absolute atomic E-state index is 12.6. The van der Waals surface area contributed by atoms with Gasteiger partial charge in [-0.25, -0.2) is 4.79 Å². The standard InChI is InChI=1S/C11H9BF3O2S/c1-2-17-11(16)10-5-7-3-4-8(12(13,14)15)6-9(7)18-10/h3-6H,2H2,1H3/q-1. The van der Waals surface area contributed by atoms with E-state index in [1.807, 2.05) is 0 Å². The van der Waals surface area contributed by atoms with E-state index < -0.39 is 18.4 Å². The van der Waals surface area contributed by atoms with E-state index in [2.05, 4.69) is 0 Å². The minimum atomic E-state index is -5.01. The molecule has 2 nitrogen and oxygen atoms in total. The SMILES string of the molecule is CCOC(=O)c1cc2ccc([B-](F)(F)F)cc2s1. The van der Waals surface area contributed by atoms with Crippen LogP contribution in [0.5, 0.6) is 0 Å². The second-order valence-electron chi connectivity index (χ2n) is 3.70. The molecule has 2 rings (SSSR count). The zero-order valence-corrected chi connectivity index (χ0v) is 10.3. The van der Waals surface area contributed by atoms with Crippen molar-refractivity contribution in [2.75, 3.05) is 6.61 Å². The van der Waals surface area contributed by atoms with E-state index in [1.165, 1.54) is 6.07 Å². The maximum Gasteiger partial charge on any atom is 0.509 e. The van der Waals surface area contributed by atoms with Crippen molar-refractivity contribution in [1.82, 2.24) is 0 Å². The molecule has 0 aliphatic heterocycles. The highest BCUT2D eigenvalue weighted by atomic mass is 32.1. The Labute approximate surface area is 105 Å². The van der Waals surface area contributed by atoms with Crippen molar-refractivity contribution >= 4 is 39.8 Å². The Kier molecular flexibility index (Phi) is 3.34. The summed E-state index contributed by atoms with van der Waals surface area (Å²) in [4.78, 5) is 11.8. The number of carbonyl (C=O) groups is 1. The normalized spacial score (nSPS) is 11.8. The van der Waals surface area contributed by atoms with Gasteiger partial charge in [-0.2, -0.15) is 0 Å². The fourth-order valence-corrected chi connectivity index (χ4v) is 2.56. The monoisotopic (exact) mass is 273 g/mol. The number of rotatable bonds is 3. The molecule has 2 aromatic rings. The summed E-state index contributed by atoms with van der Waals surface area (Å²) in [6.07, 6.45) is 0. The summed E-state index contributed by atoms with van der Waals surface area (Å²) in [6, 6.07) is 5.02. The van der Waals surface area contributed by atoms with Crippen LogP contribution in [-0.2, 0) is 4.74 Å². The van der Waals surface area contributed by atoms with E-state index >= 15 is 0 Å². The summed E-state index contributed by atoms with van der Waals surface area (Å²) < 4.78 is 43.0. The van der Waals surface area contributed by atoms with Crippen LogP contribution in [0.25, 0.3) is 10.1 Å². The van der Waals surface area contributed by atoms with Gasteiger partial charge in [0.2, 0.25) is 0 Å². The van der Waals surface area contributed by atoms with Crippen molar-refractivity contribution in [2.24, 2.45) is 0 Å². The summed E-state index contributed by atoms with van der Waals surface area (Å²) >= 11 is 1.01. The van der Waals surface area contributed by atoms with E-state index in [-0.39, 0.29) is 6.61 Å². The molecule has 0 atom stereocenters. The molecule has 1 heterocycles. The van der Waals surface area contributed by atoms with E-state index in [0.717, 1.165) is 23.5 Å². The van der Waals surface area contributed by atoms with Crippen molar-refractivity contribution in [3.63, 3.8) is 0 Å². The van der Waals surface area contributed by atoms with Crippen LogP contribution < -0.4 is 5.46 Å². The molecule has 0 fully saturated rings. The molecule has 1 aromatic heterocycles. The molecule has 0 N–H and O–H groups in total. The maximum atomic E-state index is 12.6. The Bertz CT molecular complexity index is 591. The Morgan fingerprint density at radius 3 is 2.67 bits per heavy atom. The quantitative estimate of drug-likeness (QED) is 0.634. The van der Waals surface area contributed by atoms with Gasteiger partial charge in [-0.15, -0.1) is 16.8 Å². The molecule has 0 aliphatic rings. The van der Waals surface area contributed by atoms with E-state index in [1.54, 1.807) is 13.0 Å². The van der Waals surface area contributed by atoms with Gasteiger partial charge < -0.3 is 17.7 Å². The number of hydrogen-bond donors (Lipinski definition) is 0. The third-order valence-corrected chi connectivity index (χ3v) is 3.48. The van der Waals surface area contributed by atoms with Gasteiger partial charge in [-0.1, -0.05) is 18.2 Å². The molecule has 7 heteroatoms. The molecule has 0 aliphatic carbocycles. The minimum Gasteiger partial charge on any atom is -0.462 e. The summed E-state index contributed by atoms with van der Waals surface area (Å²) in [5, 5.41) is 0.617. The first-order chi connectivity index (χ1) is 8.41. The predicted molar refractivity (Wildman–Crippen MR) is 66.5 cm³/mol. The van der Waals surface area contributed by atoms with Gasteiger partial charge in [-0.05, 0) is 18.4 Å². The fraction of sp³-hybridized carbons (Fsp3) is 0.182. The first kappa shape index (κ1) is 12.9. The molecule has 18 heavy (non-hydrogen) atoms. The van der Waals surface area contributed by atoms with Gasteiger partial charge in [0.05, 0.1) is 6.61 Å². The van der Waals surface area contributed by atoms with E-state index in [4.69, 9.17) is 4.74 Å². The average molecular weight is 273 g/mol. The van der Waals surface area contributed by atoms with Crippen LogP contribution in [-0.4, -0.2) is 19.6 Å². The smallest absolute Gasteiger partial charge is 0.462 e. The Morgan fingerprint density at radius 1 is 1.33 bits per heavy atom. The summed E-state index contributed by atoms with van der Waals surface area (Å²) in [7, 11) is 0. The van der Waals surface area contributed by atoms with Crippen molar-refractivity contribution in [3.8, 4) is 0 Å². The zero-order chi connectivity index (χ0) is 13.3. The summed E-state index contributed by atoms with van der Waals surface area (Å²) in [6.45, 7) is -3.10. The summed E-state index contributed by atoms with van der Waals surface area (Å²) in [5.74, 6) is -0.502. The number of thiophene rings is 1. The molecular weight excluding hydrogens is 264 g/mol. The number of benzene rings is 1. The highest BCUT2D eigenvalue weighted by Gasteiger charge is 2.25. The van der Waals surface area contributed by atoms with Gasteiger partial charge in [0, 0.05) is 4.70 Å². The van der Waals surface area contributed by atoms with Gasteiger partial charge >= 0.3 is 12.9 Å². The zero-order valence-electron chi connectivity index (χ0n) is 9.45. The lowest BCUT2D eigenvalue weighted by Crippen LogP contribution is -2.33. The molecule has 0 radical (unpaired) electrons. The van der Waals surface area contributed by atoms with E-state index in [0.29, 0.717) is 15.0 Å². The van der Waals surface area contributed by atoms with Crippen LogP contribution in [0.4, 0.5) is 12.9 Å². The van der Waals surface area contributed by atoms with Crippen LogP contribution in [0, 0.1) is 0 Å². The molecule has 0 saturated heterocycles. The number of fused-ring (bicyclic) bond motifs is 1. The topological polar surface area (TPSA) is 26.3 Å². The van der Waals surface area contributed by atoms with Crippen LogP contribution >= 0.6 is 11.3 Å². The summed E-state index contributed by atoms with van der Waals surface area (Å²) in [5.41, 5.74) is -0.653. The number of halogens is 3. The minimum absolute atomic E-state index is 0.240. The third-order valence-electron chi connectivity index (χ3n) is 2.40. The van der Waals surface area contributed by atoms with Gasteiger partial charge in [-0.3, -0.25) is 0 Å². The first-order valence-electron chi connectivity index (χ1n) is 5.32. The van der Waals surface area contributed by atoms with Gasteiger partial charge in [0.15, 0.2) is 0 Å².